The molecule has 0 aliphatic rings. The van der Waals surface area contributed by atoms with Crippen molar-refractivity contribution < 1.29 is 52.8 Å². The van der Waals surface area contributed by atoms with E-state index in [4.69, 9.17) is 30.4 Å². The van der Waals surface area contributed by atoms with Gasteiger partial charge in [0.1, 0.15) is 12.1 Å². The Balaban J connectivity index is 4.66. The normalized spacial score (nSPS) is 12.5. The molecule has 17 heteroatoms. The number of thioether (sulfide) groups is 1. The molecule has 0 rings (SSSR count). The minimum absolute atomic E-state index is 0.0632. The molecule has 0 saturated carbocycles. The molecule has 0 saturated heterocycles. The zero-order valence-electron chi connectivity index (χ0n) is 42.6. The zero-order chi connectivity index (χ0) is 50.1. The SMILES string of the molecule is CCCCCCCCCCCCCCCC(=O)OCC[C@@H](CSC[C@H](N)C(=O)N[C@@H](CO)C(=O)NCCOCCOCCC(=O)NCC(N)=O)OC(=O)CCCCCCCCCCCCCCC. The number of hydrogen-bond donors (Lipinski definition) is 6. The van der Waals surface area contributed by atoms with E-state index in [-0.39, 0.29) is 76.1 Å². The van der Waals surface area contributed by atoms with Crippen LogP contribution in [0.25, 0.3) is 0 Å². The van der Waals surface area contributed by atoms with Crippen LogP contribution in [0.15, 0.2) is 0 Å². The Morgan fingerprint density at radius 2 is 1.01 bits per heavy atom. The Bertz CT molecular complexity index is 1270. The number of aliphatic hydroxyl groups excluding tert-OH is 1. The lowest BCUT2D eigenvalue weighted by Crippen LogP contribution is -2.54. The molecule has 0 aromatic rings. The topological polar surface area (TPSA) is 248 Å². The number of primary amides is 1. The van der Waals surface area contributed by atoms with Crippen molar-refractivity contribution in [2.24, 2.45) is 11.5 Å². The van der Waals surface area contributed by atoms with Crippen LogP contribution in [-0.4, -0.2) is 123 Å². The fourth-order valence-corrected chi connectivity index (χ4v) is 8.42. The number of nitrogens with one attached hydrogen (secondary N) is 3. The van der Waals surface area contributed by atoms with Crippen molar-refractivity contribution in [3.63, 3.8) is 0 Å². The predicted octanol–water partition coefficient (Wildman–Crippen LogP) is 7.47. The van der Waals surface area contributed by atoms with E-state index < -0.39 is 42.5 Å². The van der Waals surface area contributed by atoms with Crippen molar-refractivity contribution in [3.05, 3.63) is 0 Å². The largest absolute Gasteiger partial charge is 0.466 e. The minimum atomic E-state index is -1.23. The van der Waals surface area contributed by atoms with Gasteiger partial charge in [0, 0.05) is 43.7 Å². The van der Waals surface area contributed by atoms with Crippen LogP contribution in [0.3, 0.4) is 0 Å². The monoisotopic (exact) mass is 988 g/mol. The Kier molecular flexibility index (Phi) is 46.9. The average molecular weight is 988 g/mol. The van der Waals surface area contributed by atoms with Gasteiger partial charge in [-0.1, -0.05) is 168 Å². The van der Waals surface area contributed by atoms with Crippen LogP contribution in [0.1, 0.15) is 206 Å². The van der Waals surface area contributed by atoms with Crippen molar-refractivity contribution >= 4 is 47.3 Å². The van der Waals surface area contributed by atoms with E-state index in [1.807, 2.05) is 0 Å². The first-order valence-electron chi connectivity index (χ1n) is 26.6. The summed E-state index contributed by atoms with van der Waals surface area (Å²) < 4.78 is 22.1. The van der Waals surface area contributed by atoms with E-state index >= 15 is 0 Å². The van der Waals surface area contributed by atoms with E-state index in [9.17, 15) is 33.9 Å². The predicted molar refractivity (Wildman–Crippen MR) is 272 cm³/mol. The Hall–Kier alpha value is -2.99. The first kappa shape index (κ1) is 65.0. The van der Waals surface area contributed by atoms with Gasteiger partial charge in [-0.25, -0.2) is 0 Å². The van der Waals surface area contributed by atoms with Gasteiger partial charge in [0.25, 0.3) is 0 Å². The number of nitrogens with two attached hydrogens (primary N) is 2. The summed E-state index contributed by atoms with van der Waals surface area (Å²) in [5.41, 5.74) is 11.1. The van der Waals surface area contributed by atoms with Crippen molar-refractivity contribution in [1.82, 2.24) is 16.0 Å². The van der Waals surface area contributed by atoms with E-state index in [0.717, 1.165) is 38.5 Å². The van der Waals surface area contributed by atoms with E-state index in [1.165, 1.54) is 140 Å². The molecule has 0 aromatic heterocycles. The number of carbonyl (C=O) groups excluding carboxylic acids is 6. The van der Waals surface area contributed by atoms with Crippen LogP contribution >= 0.6 is 11.8 Å². The van der Waals surface area contributed by atoms with Crippen molar-refractivity contribution in [1.29, 1.82) is 0 Å². The van der Waals surface area contributed by atoms with Gasteiger partial charge in [-0.2, -0.15) is 11.8 Å². The maximum absolute atomic E-state index is 12.9. The van der Waals surface area contributed by atoms with Crippen LogP contribution < -0.4 is 27.4 Å². The van der Waals surface area contributed by atoms with Gasteiger partial charge in [0.2, 0.25) is 23.6 Å². The Labute approximate surface area is 415 Å². The molecule has 0 aromatic carbocycles. The lowest BCUT2D eigenvalue weighted by molar-refractivity contribution is -0.150. The summed E-state index contributed by atoms with van der Waals surface area (Å²) >= 11 is 1.32. The Morgan fingerprint density at radius 3 is 1.50 bits per heavy atom. The van der Waals surface area contributed by atoms with Gasteiger partial charge >= 0.3 is 11.9 Å². The summed E-state index contributed by atoms with van der Waals surface area (Å²) in [5.74, 6) is -2.28. The number of esters is 2. The van der Waals surface area contributed by atoms with Crippen LogP contribution in [-0.2, 0) is 47.7 Å². The lowest BCUT2D eigenvalue weighted by atomic mass is 10.0. The Morgan fingerprint density at radius 1 is 0.544 bits per heavy atom. The second kappa shape index (κ2) is 49.0. The van der Waals surface area contributed by atoms with Gasteiger partial charge in [0.05, 0.1) is 52.2 Å². The van der Waals surface area contributed by atoms with Gasteiger partial charge in [-0.05, 0) is 12.8 Å². The highest BCUT2D eigenvalue weighted by Gasteiger charge is 2.24. The zero-order valence-corrected chi connectivity index (χ0v) is 43.4. The molecule has 3 atom stereocenters. The highest BCUT2D eigenvalue weighted by atomic mass is 32.2. The van der Waals surface area contributed by atoms with E-state index in [2.05, 4.69) is 29.8 Å². The molecule has 0 fully saturated rings. The average Bonchev–Trinajstić information content (AvgIpc) is 3.32. The first-order valence-corrected chi connectivity index (χ1v) is 27.8. The lowest BCUT2D eigenvalue weighted by Gasteiger charge is -2.20. The molecule has 0 heterocycles. The van der Waals surface area contributed by atoms with Gasteiger partial charge in [-0.15, -0.1) is 0 Å². The highest BCUT2D eigenvalue weighted by molar-refractivity contribution is 7.99. The summed E-state index contributed by atoms with van der Waals surface area (Å²) in [7, 11) is 0. The van der Waals surface area contributed by atoms with Crippen molar-refractivity contribution in [3.8, 4) is 0 Å². The first-order chi connectivity index (χ1) is 33.0. The molecule has 0 aliphatic carbocycles. The van der Waals surface area contributed by atoms with Gasteiger partial charge in [0.15, 0.2) is 0 Å². The molecule has 16 nitrogen and oxygen atoms in total. The molecule has 0 aliphatic heterocycles. The molecular formula is C51H97N5O11S. The third kappa shape index (κ3) is 44.2. The molecule has 0 bridgehead atoms. The summed E-state index contributed by atoms with van der Waals surface area (Å²) in [5, 5.41) is 17.2. The quantitative estimate of drug-likeness (QED) is 0.0256. The fraction of sp³-hybridized carbons (Fsp3) is 0.882. The smallest absolute Gasteiger partial charge is 0.306 e. The maximum atomic E-state index is 12.9. The second-order valence-electron chi connectivity index (χ2n) is 18.0. The number of unbranched alkanes of at least 4 members (excludes halogenated alkanes) is 24. The van der Waals surface area contributed by atoms with Gasteiger partial charge < -0.3 is 51.5 Å². The van der Waals surface area contributed by atoms with Crippen molar-refractivity contribution in [2.75, 3.05) is 64.2 Å². The summed E-state index contributed by atoms with van der Waals surface area (Å²) in [6.07, 6.45) is 32.3. The third-order valence-electron chi connectivity index (χ3n) is 11.6. The molecule has 398 valence electrons. The molecule has 0 unspecified atom stereocenters. The molecule has 0 radical (unpaired) electrons. The molecular weight excluding hydrogens is 891 g/mol. The van der Waals surface area contributed by atoms with Crippen LogP contribution in [0.2, 0.25) is 0 Å². The second-order valence-corrected chi connectivity index (χ2v) is 19.1. The molecule has 0 spiro atoms. The van der Waals surface area contributed by atoms with Gasteiger partial charge in [-0.3, -0.25) is 28.8 Å². The number of carbonyl (C=O) groups is 6. The molecule has 8 N–H and O–H groups in total. The van der Waals surface area contributed by atoms with Crippen LogP contribution in [0.4, 0.5) is 0 Å². The number of hydrogen-bond acceptors (Lipinski definition) is 13. The van der Waals surface area contributed by atoms with E-state index in [1.54, 1.807) is 0 Å². The summed E-state index contributed by atoms with van der Waals surface area (Å²) in [6, 6.07) is -2.24. The van der Waals surface area contributed by atoms with E-state index in [0.29, 0.717) is 25.0 Å². The summed E-state index contributed by atoms with van der Waals surface area (Å²) in [6.45, 7) is 4.52. The standard InChI is InChI=1S/C51H97N5O11S/c1-3-5-7-9-11-13-15-17-19-21-23-25-27-29-48(60)66-35-31-43(67-49(61)30-28-26-24-22-20-18-16-14-12-10-8-6-4-2)41-68-42-44(52)50(62)56-45(40-57)51(63)54-33-36-65-38-37-64-34-32-47(59)55-39-46(53)58/h43-45,57H,3-42,52H2,1-2H3,(H2,53,58)(H,54,63)(H,55,59)(H,56,62)/t43-,44-,45-/m0/s1. The molecule has 4 amide bonds. The minimum Gasteiger partial charge on any atom is -0.466 e. The fourth-order valence-electron chi connectivity index (χ4n) is 7.38. The number of rotatable bonds is 51. The number of aliphatic hydroxyl groups is 1. The van der Waals surface area contributed by atoms with Crippen molar-refractivity contribution in [2.45, 2.75) is 225 Å². The number of amides is 4. The number of ether oxygens (including phenoxy) is 4. The third-order valence-corrected chi connectivity index (χ3v) is 12.8. The maximum Gasteiger partial charge on any atom is 0.306 e. The highest BCUT2D eigenvalue weighted by Crippen LogP contribution is 2.17. The van der Waals surface area contributed by atoms with Crippen LogP contribution in [0, 0.1) is 0 Å². The summed E-state index contributed by atoms with van der Waals surface area (Å²) in [4.78, 5) is 73.2. The molecule has 68 heavy (non-hydrogen) atoms. The van der Waals surface area contributed by atoms with Crippen LogP contribution in [0.5, 0.6) is 0 Å².